The van der Waals surface area contributed by atoms with Crippen LogP contribution in [0, 0.1) is 0 Å². The Kier molecular flexibility index (Phi) is 6.34. The second-order valence-corrected chi connectivity index (χ2v) is 8.98. The summed E-state index contributed by atoms with van der Waals surface area (Å²) in [6.07, 6.45) is 7.25. The molecular formula is C23H26N4O4S. The number of aromatic nitrogens is 3. The maximum absolute atomic E-state index is 12.5. The number of ether oxygens (including phenoxy) is 2. The van der Waals surface area contributed by atoms with Crippen molar-refractivity contribution in [2.45, 2.75) is 49.4 Å². The lowest BCUT2D eigenvalue weighted by atomic mass is 9.95. The molecule has 5 rings (SSSR count). The maximum Gasteiger partial charge on any atom is 0.230 e. The van der Waals surface area contributed by atoms with E-state index in [9.17, 15) is 4.79 Å². The number of amides is 1. The number of rotatable bonds is 7. The molecule has 1 amide bonds. The maximum atomic E-state index is 12.5. The number of fused-ring (bicyclic) bond motifs is 1. The van der Waals surface area contributed by atoms with Crippen LogP contribution < -0.4 is 14.8 Å². The molecule has 0 bridgehead atoms. The van der Waals surface area contributed by atoms with Crippen molar-refractivity contribution in [2.75, 3.05) is 18.9 Å². The Hall–Kier alpha value is -2.94. The van der Waals surface area contributed by atoms with Gasteiger partial charge in [0.15, 0.2) is 22.4 Å². The highest BCUT2D eigenvalue weighted by Gasteiger charge is 2.26. The molecule has 1 aliphatic heterocycles. The monoisotopic (exact) mass is 454 g/mol. The standard InChI is InChI=1S/C23H26N4O4S/c28-21(24-13-17-14-30-18-9-4-5-10-19(18)31-17)15-32-23-26-25-22(20-11-6-12-29-20)27(23)16-7-2-1-3-8-16/h4-6,9-12,16-17H,1-3,7-8,13-15H2,(H,24,28). The second kappa shape index (κ2) is 9.68. The molecule has 1 atom stereocenters. The topological polar surface area (TPSA) is 91.4 Å². The van der Waals surface area contributed by atoms with Crippen molar-refractivity contribution in [3.05, 3.63) is 42.7 Å². The first-order chi connectivity index (χ1) is 15.8. The predicted octanol–water partition coefficient (Wildman–Crippen LogP) is 4.09. The molecular weight excluding hydrogens is 428 g/mol. The molecule has 1 N–H and O–H groups in total. The van der Waals surface area contributed by atoms with Gasteiger partial charge in [-0.1, -0.05) is 43.2 Å². The van der Waals surface area contributed by atoms with E-state index in [2.05, 4.69) is 20.1 Å². The molecule has 3 aromatic rings. The van der Waals surface area contributed by atoms with Crippen molar-refractivity contribution < 1.29 is 18.7 Å². The van der Waals surface area contributed by atoms with Gasteiger partial charge in [0.1, 0.15) is 12.7 Å². The fraction of sp³-hybridized carbons (Fsp3) is 0.435. The van der Waals surface area contributed by atoms with Crippen LogP contribution in [0.15, 0.2) is 52.2 Å². The summed E-state index contributed by atoms with van der Waals surface area (Å²) in [6, 6.07) is 11.6. The van der Waals surface area contributed by atoms with Crippen LogP contribution in [0.5, 0.6) is 11.5 Å². The molecule has 0 spiro atoms. The molecule has 32 heavy (non-hydrogen) atoms. The number of thioether (sulfide) groups is 1. The number of nitrogens with zero attached hydrogens (tertiary/aromatic N) is 3. The van der Waals surface area contributed by atoms with Crippen LogP contribution in [0.25, 0.3) is 11.6 Å². The summed E-state index contributed by atoms with van der Waals surface area (Å²) in [5.41, 5.74) is 0. The van der Waals surface area contributed by atoms with E-state index in [-0.39, 0.29) is 17.8 Å². The Morgan fingerprint density at radius 3 is 2.75 bits per heavy atom. The molecule has 1 fully saturated rings. The Bertz CT molecular complexity index is 1050. The highest BCUT2D eigenvalue weighted by molar-refractivity contribution is 7.99. The SMILES string of the molecule is O=C(CSc1nnc(-c2ccco2)n1C1CCCCC1)NCC1COc2ccccc2O1. The number of carbonyl (C=O) groups excluding carboxylic acids is 1. The predicted molar refractivity (Wildman–Crippen MR) is 120 cm³/mol. The first-order valence-electron chi connectivity index (χ1n) is 11.0. The summed E-state index contributed by atoms with van der Waals surface area (Å²) in [7, 11) is 0. The van der Waals surface area contributed by atoms with Crippen molar-refractivity contribution in [3.63, 3.8) is 0 Å². The molecule has 2 aromatic heterocycles. The first-order valence-corrected chi connectivity index (χ1v) is 12.0. The molecule has 8 nitrogen and oxygen atoms in total. The van der Waals surface area contributed by atoms with E-state index in [0.29, 0.717) is 30.7 Å². The molecule has 168 valence electrons. The Morgan fingerprint density at radius 1 is 1.09 bits per heavy atom. The Labute approximate surface area is 190 Å². The molecule has 0 radical (unpaired) electrons. The van der Waals surface area contributed by atoms with Crippen LogP contribution >= 0.6 is 11.8 Å². The normalized spacial score (nSPS) is 18.4. The van der Waals surface area contributed by atoms with E-state index in [1.54, 1.807) is 6.26 Å². The van der Waals surface area contributed by atoms with Gasteiger partial charge in [-0.2, -0.15) is 0 Å². The summed E-state index contributed by atoms with van der Waals surface area (Å²) >= 11 is 1.41. The van der Waals surface area contributed by atoms with Gasteiger partial charge < -0.3 is 19.2 Å². The van der Waals surface area contributed by atoms with E-state index in [4.69, 9.17) is 13.9 Å². The third-order valence-corrected chi connectivity index (χ3v) is 6.72. The minimum atomic E-state index is -0.213. The minimum absolute atomic E-state index is 0.0739. The van der Waals surface area contributed by atoms with Gasteiger partial charge in [-0.15, -0.1) is 10.2 Å². The van der Waals surface area contributed by atoms with E-state index >= 15 is 0 Å². The van der Waals surface area contributed by atoms with Gasteiger partial charge in [-0.25, -0.2) is 0 Å². The van der Waals surface area contributed by atoms with Gasteiger partial charge in [0.25, 0.3) is 0 Å². The summed E-state index contributed by atoms with van der Waals surface area (Å²) in [5.74, 6) is 3.06. The van der Waals surface area contributed by atoms with Crippen molar-refractivity contribution in [2.24, 2.45) is 0 Å². The van der Waals surface area contributed by atoms with E-state index < -0.39 is 0 Å². The van der Waals surface area contributed by atoms with Crippen LogP contribution in [0.1, 0.15) is 38.1 Å². The molecule has 1 aliphatic carbocycles. The van der Waals surface area contributed by atoms with Gasteiger partial charge in [-0.05, 0) is 37.1 Å². The second-order valence-electron chi connectivity index (χ2n) is 8.04. The van der Waals surface area contributed by atoms with E-state index in [0.717, 1.165) is 29.6 Å². The smallest absolute Gasteiger partial charge is 0.230 e. The number of hydrogen-bond donors (Lipinski definition) is 1. The van der Waals surface area contributed by atoms with Crippen molar-refractivity contribution in [1.82, 2.24) is 20.1 Å². The molecule has 0 saturated heterocycles. The lowest BCUT2D eigenvalue weighted by Crippen LogP contribution is -2.41. The number of furan rings is 1. The zero-order valence-corrected chi connectivity index (χ0v) is 18.6. The zero-order valence-electron chi connectivity index (χ0n) is 17.7. The highest BCUT2D eigenvalue weighted by Crippen LogP contribution is 2.35. The molecule has 1 unspecified atom stereocenters. The Morgan fingerprint density at radius 2 is 1.94 bits per heavy atom. The molecule has 3 heterocycles. The quantitative estimate of drug-likeness (QED) is 0.538. The number of nitrogens with one attached hydrogen (secondary N) is 1. The van der Waals surface area contributed by atoms with E-state index in [1.165, 1.54) is 31.0 Å². The third kappa shape index (κ3) is 4.62. The highest BCUT2D eigenvalue weighted by atomic mass is 32.2. The largest absolute Gasteiger partial charge is 0.486 e. The number of hydrogen-bond acceptors (Lipinski definition) is 7. The van der Waals surface area contributed by atoms with Gasteiger partial charge >= 0.3 is 0 Å². The number of para-hydroxylation sites is 2. The summed E-state index contributed by atoms with van der Waals surface area (Å²) < 4.78 is 19.4. The number of carbonyl (C=O) groups is 1. The van der Waals surface area contributed by atoms with Crippen molar-refractivity contribution in [1.29, 1.82) is 0 Å². The van der Waals surface area contributed by atoms with Crippen molar-refractivity contribution >= 4 is 17.7 Å². The van der Waals surface area contributed by atoms with Gasteiger partial charge in [0.05, 0.1) is 18.6 Å². The average Bonchev–Trinajstić information content (AvgIpc) is 3.52. The minimum Gasteiger partial charge on any atom is -0.486 e. The van der Waals surface area contributed by atoms with Crippen LogP contribution in [-0.2, 0) is 4.79 Å². The lowest BCUT2D eigenvalue weighted by molar-refractivity contribution is -0.119. The summed E-state index contributed by atoms with van der Waals surface area (Å²) in [6.45, 7) is 0.799. The summed E-state index contributed by atoms with van der Waals surface area (Å²) in [4.78, 5) is 12.5. The third-order valence-electron chi connectivity index (χ3n) is 5.77. The van der Waals surface area contributed by atoms with Gasteiger partial charge in [0.2, 0.25) is 11.7 Å². The average molecular weight is 455 g/mol. The van der Waals surface area contributed by atoms with E-state index in [1.807, 2.05) is 36.4 Å². The first kappa shape index (κ1) is 20.9. The van der Waals surface area contributed by atoms with Gasteiger partial charge in [0, 0.05) is 6.04 Å². The fourth-order valence-electron chi connectivity index (χ4n) is 4.19. The number of benzene rings is 1. The summed E-state index contributed by atoms with van der Waals surface area (Å²) in [5, 5.41) is 12.5. The lowest BCUT2D eigenvalue weighted by Gasteiger charge is -2.26. The van der Waals surface area contributed by atoms with Crippen LogP contribution in [0.4, 0.5) is 0 Å². The molecule has 2 aliphatic rings. The zero-order chi connectivity index (χ0) is 21.8. The van der Waals surface area contributed by atoms with Gasteiger partial charge in [-0.3, -0.25) is 9.36 Å². The molecule has 1 saturated carbocycles. The molecule has 9 heteroatoms. The Balaban J connectivity index is 1.20. The van der Waals surface area contributed by atoms with Crippen LogP contribution in [-0.4, -0.2) is 45.7 Å². The van der Waals surface area contributed by atoms with Crippen LogP contribution in [0.2, 0.25) is 0 Å². The van der Waals surface area contributed by atoms with Crippen LogP contribution in [0.3, 0.4) is 0 Å². The fourth-order valence-corrected chi connectivity index (χ4v) is 5.03. The van der Waals surface area contributed by atoms with Crippen molar-refractivity contribution in [3.8, 4) is 23.1 Å². The molecule has 1 aromatic carbocycles.